The molecule has 0 spiro atoms. The van der Waals surface area contributed by atoms with Crippen LogP contribution in [0, 0.1) is 0 Å². The molecule has 1 N–H and O–H groups in total. The molecule has 100 valence electrons. The third kappa shape index (κ3) is 2.77. The van der Waals surface area contributed by atoms with Gasteiger partial charge in [0.1, 0.15) is 11.6 Å². The van der Waals surface area contributed by atoms with Gasteiger partial charge in [-0.05, 0) is 12.1 Å². The molecule has 1 fully saturated rings. The Kier molecular flexibility index (Phi) is 3.48. The number of nitrogens with zero attached hydrogens (tertiary/aromatic N) is 2. The average molecular weight is 276 g/mol. The van der Waals surface area contributed by atoms with Crippen LogP contribution in [0.3, 0.4) is 0 Å². The molecular weight excluding hydrogens is 258 g/mol. The summed E-state index contributed by atoms with van der Waals surface area (Å²) >= 11 is 1.79. The lowest BCUT2D eigenvalue weighted by atomic mass is 10.3. The highest BCUT2D eigenvalue weighted by Crippen LogP contribution is 2.20. The number of para-hydroxylation sites is 1. The molecule has 2 heterocycles. The van der Waals surface area contributed by atoms with Gasteiger partial charge in [0, 0.05) is 6.92 Å². The van der Waals surface area contributed by atoms with Gasteiger partial charge in [-0.1, -0.05) is 12.1 Å². The van der Waals surface area contributed by atoms with Crippen LogP contribution in [0.15, 0.2) is 24.3 Å². The quantitative estimate of drug-likeness (QED) is 0.869. The Morgan fingerprint density at radius 2 is 2.11 bits per heavy atom. The summed E-state index contributed by atoms with van der Waals surface area (Å²) in [7, 11) is 0. The van der Waals surface area contributed by atoms with E-state index in [0.29, 0.717) is 0 Å². The predicted octanol–water partition coefficient (Wildman–Crippen LogP) is 0.543. The first-order chi connectivity index (χ1) is 9.22. The highest BCUT2D eigenvalue weighted by atomic mass is 32.1. The Morgan fingerprint density at radius 1 is 1.37 bits per heavy atom. The molecule has 4 nitrogen and oxygen atoms in total. The Balaban J connectivity index is 1.64. The van der Waals surface area contributed by atoms with Crippen molar-refractivity contribution < 1.29 is 9.69 Å². The third-order valence-corrected chi connectivity index (χ3v) is 4.69. The van der Waals surface area contributed by atoms with E-state index in [1.54, 1.807) is 18.3 Å². The van der Waals surface area contributed by atoms with Crippen molar-refractivity contribution in [3.8, 4) is 0 Å². The van der Waals surface area contributed by atoms with Gasteiger partial charge in [0.15, 0.2) is 0 Å². The molecule has 0 atom stereocenters. The highest BCUT2D eigenvalue weighted by Gasteiger charge is 2.22. The van der Waals surface area contributed by atoms with Crippen molar-refractivity contribution in [2.75, 3.05) is 26.2 Å². The molecule has 0 radical (unpaired) electrons. The molecule has 19 heavy (non-hydrogen) atoms. The van der Waals surface area contributed by atoms with Crippen LogP contribution in [0.4, 0.5) is 0 Å². The first-order valence-corrected chi connectivity index (χ1v) is 7.47. The number of thiazole rings is 1. The number of amides is 1. The number of fused-ring (bicyclic) bond motifs is 1. The molecule has 0 unspecified atom stereocenters. The van der Waals surface area contributed by atoms with Gasteiger partial charge < -0.3 is 9.80 Å². The van der Waals surface area contributed by atoms with Crippen molar-refractivity contribution in [3.05, 3.63) is 29.3 Å². The molecule has 1 saturated heterocycles. The van der Waals surface area contributed by atoms with Crippen LogP contribution < -0.4 is 4.90 Å². The molecule has 1 aromatic heterocycles. The molecule has 1 aliphatic heterocycles. The Morgan fingerprint density at radius 3 is 2.79 bits per heavy atom. The molecule has 1 aromatic carbocycles. The van der Waals surface area contributed by atoms with Gasteiger partial charge in [0.2, 0.25) is 5.91 Å². The topological polar surface area (TPSA) is 37.6 Å². The molecular formula is C14H18N3OS+. The number of carbonyl (C=O) groups excluding carboxylic acids is 1. The van der Waals surface area contributed by atoms with Gasteiger partial charge in [-0.15, -0.1) is 11.3 Å². The number of aromatic nitrogens is 1. The smallest absolute Gasteiger partial charge is 0.219 e. The van der Waals surface area contributed by atoms with Crippen molar-refractivity contribution in [1.29, 1.82) is 0 Å². The average Bonchev–Trinajstić information content (AvgIpc) is 2.81. The lowest BCUT2D eigenvalue weighted by Gasteiger charge is -2.31. The molecule has 0 saturated carbocycles. The van der Waals surface area contributed by atoms with E-state index in [4.69, 9.17) is 0 Å². The van der Waals surface area contributed by atoms with Crippen molar-refractivity contribution in [2.45, 2.75) is 13.5 Å². The van der Waals surface area contributed by atoms with E-state index in [1.807, 2.05) is 11.0 Å². The fourth-order valence-corrected chi connectivity index (χ4v) is 3.56. The second-order valence-electron chi connectivity index (χ2n) is 5.01. The van der Waals surface area contributed by atoms with Crippen LogP contribution in [-0.4, -0.2) is 42.0 Å². The maximum absolute atomic E-state index is 11.3. The molecule has 1 amide bonds. The zero-order chi connectivity index (χ0) is 13.2. The summed E-state index contributed by atoms with van der Waals surface area (Å²) < 4.78 is 1.26. The number of hydrogen-bond acceptors (Lipinski definition) is 3. The standard InChI is InChI=1S/C14H17N3OS/c1-11(18)17-8-6-16(7-9-17)10-14-15-12-4-2-3-5-13(12)19-14/h2-5H,6-10H2,1H3/p+1. The van der Waals surface area contributed by atoms with E-state index in [9.17, 15) is 4.79 Å². The van der Waals surface area contributed by atoms with Crippen LogP contribution in [0.1, 0.15) is 11.9 Å². The molecule has 0 bridgehead atoms. The zero-order valence-corrected chi connectivity index (χ0v) is 11.9. The summed E-state index contributed by atoms with van der Waals surface area (Å²) in [5.74, 6) is 0.194. The summed E-state index contributed by atoms with van der Waals surface area (Å²) in [4.78, 5) is 19.4. The normalized spacial score (nSPS) is 17.0. The highest BCUT2D eigenvalue weighted by molar-refractivity contribution is 7.18. The molecule has 2 aromatic rings. The fraction of sp³-hybridized carbons (Fsp3) is 0.429. The number of hydrogen-bond donors (Lipinski definition) is 1. The predicted molar refractivity (Wildman–Crippen MR) is 76.3 cm³/mol. The lowest BCUT2D eigenvalue weighted by molar-refractivity contribution is -0.917. The van der Waals surface area contributed by atoms with Crippen molar-refractivity contribution in [2.24, 2.45) is 0 Å². The number of carbonyl (C=O) groups is 1. The van der Waals surface area contributed by atoms with Crippen LogP contribution in [0.25, 0.3) is 10.2 Å². The van der Waals surface area contributed by atoms with Gasteiger partial charge in [-0.25, -0.2) is 4.98 Å². The van der Waals surface area contributed by atoms with E-state index in [2.05, 4.69) is 23.2 Å². The molecule has 1 aliphatic rings. The van der Waals surface area contributed by atoms with E-state index in [-0.39, 0.29) is 5.91 Å². The minimum atomic E-state index is 0.194. The summed E-state index contributed by atoms with van der Waals surface area (Å²) in [5, 5.41) is 1.20. The summed E-state index contributed by atoms with van der Waals surface area (Å²) in [6.07, 6.45) is 0. The van der Waals surface area contributed by atoms with Crippen molar-refractivity contribution in [1.82, 2.24) is 9.88 Å². The maximum atomic E-state index is 11.3. The lowest BCUT2D eigenvalue weighted by Crippen LogP contribution is -3.13. The second-order valence-corrected chi connectivity index (χ2v) is 6.12. The number of rotatable bonds is 2. The van der Waals surface area contributed by atoms with E-state index >= 15 is 0 Å². The third-order valence-electron chi connectivity index (χ3n) is 3.66. The molecule has 0 aliphatic carbocycles. The molecule has 3 rings (SSSR count). The van der Waals surface area contributed by atoms with Gasteiger partial charge in [0.25, 0.3) is 0 Å². The monoisotopic (exact) mass is 276 g/mol. The number of nitrogens with one attached hydrogen (secondary N) is 1. The van der Waals surface area contributed by atoms with Gasteiger partial charge in [-0.2, -0.15) is 0 Å². The zero-order valence-electron chi connectivity index (χ0n) is 11.1. The van der Waals surface area contributed by atoms with Gasteiger partial charge in [-0.3, -0.25) is 4.79 Å². The SMILES string of the molecule is CC(=O)N1CC[NH+](Cc2nc3ccccc3s2)CC1. The number of piperazine rings is 1. The van der Waals surface area contributed by atoms with E-state index in [0.717, 1.165) is 38.2 Å². The van der Waals surface area contributed by atoms with Gasteiger partial charge >= 0.3 is 0 Å². The number of benzene rings is 1. The molecule has 5 heteroatoms. The van der Waals surface area contributed by atoms with Crippen LogP contribution in [0.2, 0.25) is 0 Å². The Bertz CT molecular complexity index is 554. The van der Waals surface area contributed by atoms with Crippen molar-refractivity contribution in [3.63, 3.8) is 0 Å². The fourth-order valence-electron chi connectivity index (χ4n) is 2.52. The summed E-state index contributed by atoms with van der Waals surface area (Å²) in [6.45, 7) is 6.42. The van der Waals surface area contributed by atoms with Crippen LogP contribution in [0.5, 0.6) is 0 Å². The van der Waals surface area contributed by atoms with E-state index in [1.165, 1.54) is 14.6 Å². The minimum Gasteiger partial charge on any atom is -0.332 e. The first kappa shape index (κ1) is 12.6. The van der Waals surface area contributed by atoms with Crippen LogP contribution in [-0.2, 0) is 11.3 Å². The second kappa shape index (κ2) is 5.27. The largest absolute Gasteiger partial charge is 0.332 e. The number of quaternary nitrogens is 1. The van der Waals surface area contributed by atoms with Crippen molar-refractivity contribution >= 4 is 27.5 Å². The summed E-state index contributed by atoms with van der Waals surface area (Å²) in [6, 6.07) is 8.28. The Hall–Kier alpha value is -1.46. The minimum absolute atomic E-state index is 0.194. The maximum Gasteiger partial charge on any atom is 0.219 e. The first-order valence-electron chi connectivity index (χ1n) is 6.66. The summed E-state index contributed by atoms with van der Waals surface area (Å²) in [5.41, 5.74) is 1.10. The van der Waals surface area contributed by atoms with Crippen LogP contribution >= 0.6 is 11.3 Å². The van der Waals surface area contributed by atoms with Gasteiger partial charge in [0.05, 0.1) is 36.4 Å². The Labute approximate surface area is 116 Å². The van der Waals surface area contributed by atoms with E-state index < -0.39 is 0 Å².